The van der Waals surface area contributed by atoms with Crippen LogP contribution in [0.1, 0.15) is 6.92 Å². The van der Waals surface area contributed by atoms with Crippen molar-refractivity contribution in [2.45, 2.75) is 6.92 Å². The molecule has 0 saturated carbocycles. The van der Waals surface area contributed by atoms with Gasteiger partial charge in [0.25, 0.3) is 0 Å². The predicted molar refractivity (Wildman–Crippen MR) is 43.3 cm³/mol. The molecule has 0 aliphatic rings. The van der Waals surface area contributed by atoms with Crippen molar-refractivity contribution in [1.29, 1.82) is 0 Å². The number of phosphoric acid groups is 1. The molecular weight excluding hydrogens is 223 g/mol. The second-order valence-electron chi connectivity index (χ2n) is 1.70. The van der Waals surface area contributed by atoms with Crippen LogP contribution in [-0.2, 0) is 32.2 Å². The van der Waals surface area contributed by atoms with Crippen LogP contribution in [0.4, 0.5) is 0 Å². The quantitative estimate of drug-likeness (QED) is 0.624. The number of hydrogen-bond donors (Lipinski definition) is 0. The van der Waals surface area contributed by atoms with Crippen LogP contribution in [-0.4, -0.2) is 29.2 Å². The van der Waals surface area contributed by atoms with Gasteiger partial charge in [-0.15, -0.1) is 3.97 Å². The van der Waals surface area contributed by atoms with E-state index in [-0.39, 0.29) is 6.61 Å². The molecule has 80 valence electrons. The first-order chi connectivity index (χ1) is 5.89. The van der Waals surface area contributed by atoms with Gasteiger partial charge in [0.1, 0.15) is 0 Å². The first-order valence-corrected chi connectivity index (χ1v) is 6.00. The Bertz CT molecular complexity index is 275. The SMILES string of the molecule is CCOS(=O)(=O)OP(=O)(OC)OC. The molecule has 0 N–H and O–H groups in total. The van der Waals surface area contributed by atoms with Gasteiger partial charge in [0, 0.05) is 14.2 Å². The minimum absolute atomic E-state index is 0.129. The van der Waals surface area contributed by atoms with E-state index in [0.29, 0.717) is 0 Å². The molecule has 0 rings (SSSR count). The van der Waals surface area contributed by atoms with Crippen molar-refractivity contribution in [3.05, 3.63) is 0 Å². The maximum Gasteiger partial charge on any atom is 0.490 e. The van der Waals surface area contributed by atoms with Crippen molar-refractivity contribution >= 4 is 18.2 Å². The van der Waals surface area contributed by atoms with Crippen molar-refractivity contribution in [1.82, 2.24) is 0 Å². The largest absolute Gasteiger partial charge is 0.490 e. The zero-order valence-corrected chi connectivity index (χ0v) is 9.13. The molecule has 0 heterocycles. The summed E-state index contributed by atoms with van der Waals surface area (Å²) in [5.74, 6) is 0. The summed E-state index contributed by atoms with van der Waals surface area (Å²) in [5, 5.41) is 0. The average molecular weight is 234 g/mol. The van der Waals surface area contributed by atoms with Crippen LogP contribution in [0.3, 0.4) is 0 Å². The Balaban J connectivity index is 4.51. The molecule has 0 aliphatic carbocycles. The maximum atomic E-state index is 11.1. The molecule has 0 aliphatic heterocycles. The topological polar surface area (TPSA) is 88.1 Å². The van der Waals surface area contributed by atoms with Crippen LogP contribution in [0.25, 0.3) is 0 Å². The summed E-state index contributed by atoms with van der Waals surface area (Å²) < 4.78 is 49.3. The molecule has 13 heavy (non-hydrogen) atoms. The standard InChI is InChI=1S/C4H11O7PS/c1-4-10-13(6,7)11-12(5,8-2)9-3/h4H2,1-3H3. The monoisotopic (exact) mass is 234 g/mol. The second kappa shape index (κ2) is 5.04. The lowest BCUT2D eigenvalue weighted by atomic mass is 10.9. The van der Waals surface area contributed by atoms with Gasteiger partial charge < -0.3 is 0 Å². The maximum absolute atomic E-state index is 11.1. The molecule has 0 unspecified atom stereocenters. The highest BCUT2D eigenvalue weighted by Crippen LogP contribution is 2.49. The minimum atomic E-state index is -4.33. The third-order valence-electron chi connectivity index (χ3n) is 0.892. The Kier molecular flexibility index (Phi) is 5.05. The van der Waals surface area contributed by atoms with Gasteiger partial charge in [0.2, 0.25) is 0 Å². The van der Waals surface area contributed by atoms with Gasteiger partial charge in [-0.3, -0.25) is 9.05 Å². The van der Waals surface area contributed by atoms with Crippen molar-refractivity contribution in [2.75, 3.05) is 20.8 Å². The Morgan fingerprint density at radius 1 is 1.23 bits per heavy atom. The van der Waals surface area contributed by atoms with Crippen LogP contribution in [0, 0.1) is 0 Å². The van der Waals surface area contributed by atoms with Gasteiger partial charge in [0.15, 0.2) is 0 Å². The van der Waals surface area contributed by atoms with Gasteiger partial charge in [-0.1, -0.05) is 0 Å². The van der Waals surface area contributed by atoms with E-state index in [4.69, 9.17) is 0 Å². The average Bonchev–Trinajstić information content (AvgIpc) is 2.03. The van der Waals surface area contributed by atoms with E-state index in [2.05, 4.69) is 17.2 Å². The first kappa shape index (κ1) is 13.0. The van der Waals surface area contributed by atoms with Crippen LogP contribution < -0.4 is 0 Å². The van der Waals surface area contributed by atoms with Gasteiger partial charge in [-0.25, -0.2) is 8.75 Å². The van der Waals surface area contributed by atoms with Crippen molar-refractivity contribution < 1.29 is 30.2 Å². The van der Waals surface area contributed by atoms with Crippen molar-refractivity contribution in [3.8, 4) is 0 Å². The number of hydrogen-bond acceptors (Lipinski definition) is 7. The van der Waals surface area contributed by atoms with E-state index in [1.165, 1.54) is 6.92 Å². The molecule has 0 amide bonds. The normalized spacial score (nSPS) is 13.2. The van der Waals surface area contributed by atoms with Crippen LogP contribution in [0.15, 0.2) is 0 Å². The molecular formula is C4H11O7PS. The fourth-order valence-electron chi connectivity index (χ4n) is 0.413. The van der Waals surface area contributed by atoms with E-state index in [1.807, 2.05) is 0 Å². The van der Waals surface area contributed by atoms with E-state index in [9.17, 15) is 13.0 Å². The molecule has 9 heteroatoms. The Hall–Kier alpha value is 0.0200. The Morgan fingerprint density at radius 2 is 1.69 bits per heavy atom. The summed E-state index contributed by atoms with van der Waals surface area (Å²) in [7, 11) is -6.39. The molecule has 0 aromatic heterocycles. The molecule has 0 aromatic rings. The molecule has 0 bridgehead atoms. The van der Waals surface area contributed by atoms with Gasteiger partial charge in [0.05, 0.1) is 6.61 Å². The third kappa shape index (κ3) is 4.70. The lowest BCUT2D eigenvalue weighted by molar-refractivity contribution is 0.194. The molecule has 0 fully saturated rings. The molecule has 0 aromatic carbocycles. The fourth-order valence-corrected chi connectivity index (χ4v) is 2.40. The van der Waals surface area contributed by atoms with Gasteiger partial charge in [-0.05, 0) is 6.92 Å². The fraction of sp³-hybridized carbons (Fsp3) is 1.00. The Morgan fingerprint density at radius 3 is 2.00 bits per heavy atom. The van der Waals surface area contributed by atoms with Crippen LogP contribution >= 0.6 is 7.82 Å². The van der Waals surface area contributed by atoms with E-state index in [0.717, 1.165) is 14.2 Å². The third-order valence-corrected chi connectivity index (χ3v) is 3.77. The summed E-state index contributed by atoms with van der Waals surface area (Å²) in [4.78, 5) is 0. The summed E-state index contributed by atoms with van der Waals surface area (Å²) >= 11 is 0. The summed E-state index contributed by atoms with van der Waals surface area (Å²) in [5.41, 5.74) is 0. The molecule has 0 saturated heterocycles. The van der Waals surface area contributed by atoms with Crippen molar-refractivity contribution in [2.24, 2.45) is 0 Å². The van der Waals surface area contributed by atoms with E-state index >= 15 is 0 Å². The predicted octanol–water partition coefficient (Wildman–Crippen LogP) is 0.685. The van der Waals surface area contributed by atoms with E-state index < -0.39 is 18.2 Å². The highest BCUT2D eigenvalue weighted by molar-refractivity contribution is 7.86. The van der Waals surface area contributed by atoms with Gasteiger partial charge >= 0.3 is 18.2 Å². The molecule has 0 radical (unpaired) electrons. The highest BCUT2D eigenvalue weighted by Gasteiger charge is 2.31. The van der Waals surface area contributed by atoms with Crippen LogP contribution in [0.2, 0.25) is 0 Å². The number of rotatable bonds is 6. The minimum Gasteiger partial charge on any atom is -0.289 e. The zero-order chi connectivity index (χ0) is 10.5. The Labute approximate surface area is 76.9 Å². The van der Waals surface area contributed by atoms with Crippen LogP contribution in [0.5, 0.6) is 0 Å². The molecule has 0 spiro atoms. The smallest absolute Gasteiger partial charge is 0.289 e. The zero-order valence-electron chi connectivity index (χ0n) is 7.42. The first-order valence-electron chi connectivity index (χ1n) is 3.21. The van der Waals surface area contributed by atoms with Gasteiger partial charge in [-0.2, -0.15) is 8.42 Å². The van der Waals surface area contributed by atoms with Crippen molar-refractivity contribution in [3.63, 3.8) is 0 Å². The summed E-state index contributed by atoms with van der Waals surface area (Å²) in [6.07, 6.45) is 0. The highest BCUT2D eigenvalue weighted by atomic mass is 32.3. The lowest BCUT2D eigenvalue weighted by Gasteiger charge is -2.11. The van der Waals surface area contributed by atoms with E-state index in [1.54, 1.807) is 0 Å². The molecule has 0 atom stereocenters. The second-order valence-corrected chi connectivity index (χ2v) is 4.97. The summed E-state index contributed by atoms with van der Waals surface area (Å²) in [6.45, 7) is 1.31. The summed E-state index contributed by atoms with van der Waals surface area (Å²) in [6, 6.07) is 0. The lowest BCUT2D eigenvalue weighted by Crippen LogP contribution is -2.09. The number of phosphoric ester groups is 1. The molecule has 7 nitrogen and oxygen atoms in total.